The van der Waals surface area contributed by atoms with Crippen molar-refractivity contribution in [2.75, 3.05) is 39.8 Å². The van der Waals surface area contributed by atoms with Crippen LogP contribution in [-0.4, -0.2) is 97.7 Å². The van der Waals surface area contributed by atoms with Gasteiger partial charge in [-0.05, 0) is 37.7 Å². The third kappa shape index (κ3) is 5.46. The number of carboxylic acids is 2. The maximum atomic E-state index is 12.4. The Hall–Kier alpha value is -4.68. The lowest BCUT2D eigenvalue weighted by Crippen LogP contribution is -2.51. The molecule has 2 heterocycles. The van der Waals surface area contributed by atoms with Crippen LogP contribution in [0, 0.1) is 11.3 Å². The SMILES string of the molecule is CN1CCN(CC2(c3nc4ccc(C(=N)N)cc4[nH]3)C=C(C(CC(=O)O)C(=O)O)CC(c3ccccc3O)=C2O)CC1. The summed E-state index contributed by atoms with van der Waals surface area (Å²) in [5.74, 6) is -3.97. The van der Waals surface area contributed by atoms with Crippen molar-refractivity contribution in [3.8, 4) is 5.75 Å². The monoisotopic (exact) mass is 574 g/mol. The number of phenolic OH excluding ortho intramolecular Hbond substituents is 1. The second-order valence-corrected chi connectivity index (χ2v) is 11.0. The number of para-hydroxylation sites is 1. The van der Waals surface area contributed by atoms with Crippen molar-refractivity contribution < 1.29 is 30.0 Å². The average Bonchev–Trinajstić information content (AvgIpc) is 3.38. The van der Waals surface area contributed by atoms with E-state index in [2.05, 4.69) is 14.8 Å². The number of aliphatic hydroxyl groups is 1. The van der Waals surface area contributed by atoms with Gasteiger partial charge in [0.2, 0.25) is 0 Å². The molecule has 2 atom stereocenters. The van der Waals surface area contributed by atoms with Crippen LogP contribution in [0.5, 0.6) is 5.75 Å². The van der Waals surface area contributed by atoms with E-state index in [-0.39, 0.29) is 30.3 Å². The fraction of sp³-hybridized carbons (Fsp3) is 0.333. The quantitative estimate of drug-likeness (QED) is 0.113. The first kappa shape index (κ1) is 28.8. The number of imidazole rings is 1. The number of aliphatic carboxylic acids is 2. The standard InChI is InChI=1S/C30H34N6O6/c1-35-8-10-36(11-9-35)16-30(29-33-22-7-6-17(27(31)32)13-23(22)34-29)15-18(20(28(41)42)14-25(38)39)12-21(26(30)40)19-4-2-3-5-24(19)37/h2-7,13,15,20,37,40H,8-12,14,16H2,1H3,(H3,31,32)(H,33,34)(H,38,39)(H,41,42). The van der Waals surface area contributed by atoms with Crippen LogP contribution in [0.2, 0.25) is 0 Å². The predicted octanol–water partition coefficient (Wildman–Crippen LogP) is 2.51. The summed E-state index contributed by atoms with van der Waals surface area (Å²) in [5, 5.41) is 50.5. The first-order chi connectivity index (χ1) is 20.0. The number of aromatic nitrogens is 2. The topological polar surface area (TPSA) is 200 Å². The van der Waals surface area contributed by atoms with E-state index in [9.17, 15) is 30.0 Å². The average molecular weight is 575 g/mol. The Morgan fingerprint density at radius 2 is 1.83 bits per heavy atom. The number of allylic oxidation sites excluding steroid dienone is 1. The largest absolute Gasteiger partial charge is 0.511 e. The number of aromatic hydroxyl groups is 1. The van der Waals surface area contributed by atoms with Gasteiger partial charge in [0.25, 0.3) is 0 Å². The molecule has 2 aliphatic rings. The fourth-order valence-corrected chi connectivity index (χ4v) is 5.84. The second kappa shape index (κ2) is 11.3. The first-order valence-corrected chi connectivity index (χ1v) is 13.6. The number of hydrogen-bond donors (Lipinski definition) is 7. The van der Waals surface area contributed by atoms with Gasteiger partial charge in [0, 0.05) is 49.4 Å². The van der Waals surface area contributed by atoms with Gasteiger partial charge in [0.05, 0.1) is 23.4 Å². The number of amidine groups is 1. The highest BCUT2D eigenvalue weighted by Gasteiger charge is 2.46. The van der Waals surface area contributed by atoms with Crippen molar-refractivity contribution in [3.05, 3.63) is 76.8 Å². The van der Waals surface area contributed by atoms with E-state index in [0.29, 0.717) is 52.2 Å². The molecule has 12 nitrogen and oxygen atoms in total. The minimum absolute atomic E-state index is 0.0765. The number of piperazine rings is 1. The van der Waals surface area contributed by atoms with Crippen LogP contribution in [0.3, 0.4) is 0 Å². The Morgan fingerprint density at radius 1 is 1.12 bits per heavy atom. The number of carbonyl (C=O) groups is 2. The Kier molecular flexibility index (Phi) is 7.76. The van der Waals surface area contributed by atoms with Crippen LogP contribution in [0.1, 0.15) is 29.8 Å². The molecule has 2 aromatic carbocycles. The Bertz CT molecular complexity index is 1620. The number of nitrogens with one attached hydrogen (secondary N) is 2. The van der Waals surface area contributed by atoms with Crippen LogP contribution in [0.15, 0.2) is 59.9 Å². The van der Waals surface area contributed by atoms with Crippen LogP contribution < -0.4 is 5.73 Å². The second-order valence-electron chi connectivity index (χ2n) is 11.0. The van der Waals surface area contributed by atoms with Gasteiger partial charge in [0.15, 0.2) is 0 Å². The smallest absolute Gasteiger partial charge is 0.311 e. The maximum absolute atomic E-state index is 12.4. The molecule has 0 amide bonds. The maximum Gasteiger partial charge on any atom is 0.311 e. The highest BCUT2D eigenvalue weighted by molar-refractivity contribution is 5.98. The first-order valence-electron chi connectivity index (χ1n) is 13.6. The van der Waals surface area contributed by atoms with E-state index in [1.54, 1.807) is 42.5 Å². The highest BCUT2D eigenvalue weighted by Crippen LogP contribution is 2.47. The van der Waals surface area contributed by atoms with Crippen molar-refractivity contribution in [1.82, 2.24) is 19.8 Å². The summed E-state index contributed by atoms with van der Waals surface area (Å²) < 4.78 is 0. The van der Waals surface area contributed by atoms with Crippen LogP contribution in [0.4, 0.5) is 0 Å². The minimum Gasteiger partial charge on any atom is -0.511 e. The summed E-state index contributed by atoms with van der Waals surface area (Å²) in [5.41, 5.74) is 6.78. The number of fused-ring (bicyclic) bond motifs is 1. The lowest BCUT2D eigenvalue weighted by molar-refractivity contribution is -0.147. The summed E-state index contributed by atoms with van der Waals surface area (Å²) in [6.45, 7) is 3.12. The van der Waals surface area contributed by atoms with Crippen molar-refractivity contribution in [3.63, 3.8) is 0 Å². The molecule has 220 valence electrons. The number of nitrogen functional groups attached to an aromatic ring is 1. The zero-order valence-electron chi connectivity index (χ0n) is 23.2. The predicted molar refractivity (Wildman–Crippen MR) is 156 cm³/mol. The molecule has 1 aliphatic heterocycles. The number of nitrogens with two attached hydrogens (primary N) is 1. The molecule has 0 spiro atoms. The van der Waals surface area contributed by atoms with Crippen molar-refractivity contribution in [2.24, 2.45) is 11.7 Å². The van der Waals surface area contributed by atoms with Crippen molar-refractivity contribution in [1.29, 1.82) is 5.41 Å². The van der Waals surface area contributed by atoms with Gasteiger partial charge in [-0.25, -0.2) is 4.98 Å². The molecule has 0 saturated carbocycles. The molecule has 3 aromatic rings. The number of H-pyrrole nitrogens is 1. The molecule has 0 bridgehead atoms. The Morgan fingerprint density at radius 3 is 2.48 bits per heavy atom. The van der Waals surface area contributed by atoms with Gasteiger partial charge in [-0.3, -0.25) is 19.9 Å². The molecule has 1 saturated heterocycles. The lowest BCUT2D eigenvalue weighted by Gasteiger charge is -2.41. The number of nitrogens with zero attached hydrogens (tertiary/aromatic N) is 3. The molecule has 1 aliphatic carbocycles. The molecular formula is C30H34N6O6. The van der Waals surface area contributed by atoms with Crippen LogP contribution >= 0.6 is 0 Å². The number of aromatic amines is 1. The van der Waals surface area contributed by atoms with E-state index < -0.39 is 29.7 Å². The molecule has 8 N–H and O–H groups in total. The molecule has 42 heavy (non-hydrogen) atoms. The number of likely N-dealkylation sites (N-methyl/N-ethyl adjacent to an activating group) is 1. The van der Waals surface area contributed by atoms with E-state index in [0.717, 1.165) is 13.1 Å². The van der Waals surface area contributed by atoms with Gasteiger partial charge in [-0.1, -0.05) is 29.8 Å². The Labute approximate surface area is 241 Å². The zero-order valence-corrected chi connectivity index (χ0v) is 23.2. The third-order valence-electron chi connectivity index (χ3n) is 8.16. The van der Waals surface area contributed by atoms with Crippen LogP contribution in [0.25, 0.3) is 16.6 Å². The fourth-order valence-electron chi connectivity index (χ4n) is 5.84. The number of benzene rings is 2. The van der Waals surface area contributed by atoms with Crippen molar-refractivity contribution in [2.45, 2.75) is 18.3 Å². The minimum atomic E-state index is -1.41. The highest BCUT2D eigenvalue weighted by atomic mass is 16.4. The molecule has 1 aromatic heterocycles. The summed E-state index contributed by atoms with van der Waals surface area (Å²) >= 11 is 0. The summed E-state index contributed by atoms with van der Waals surface area (Å²) in [7, 11) is 2.02. The van der Waals surface area contributed by atoms with E-state index in [4.69, 9.17) is 16.1 Å². The lowest BCUT2D eigenvalue weighted by atomic mass is 9.71. The van der Waals surface area contributed by atoms with Gasteiger partial charge >= 0.3 is 11.9 Å². The van der Waals surface area contributed by atoms with Gasteiger partial charge < -0.3 is 36.0 Å². The molecule has 5 rings (SSSR count). The molecular weight excluding hydrogens is 540 g/mol. The normalized spacial score (nSPS) is 20.8. The van der Waals surface area contributed by atoms with Gasteiger partial charge in [-0.2, -0.15) is 0 Å². The molecule has 2 unspecified atom stereocenters. The van der Waals surface area contributed by atoms with E-state index >= 15 is 0 Å². The number of carboxylic acid groups (broad SMARTS) is 2. The summed E-state index contributed by atoms with van der Waals surface area (Å²) in [6.07, 6.45) is 0.922. The molecule has 0 radical (unpaired) electrons. The van der Waals surface area contributed by atoms with E-state index in [1.807, 2.05) is 7.05 Å². The number of phenols is 1. The number of hydrogen-bond acceptors (Lipinski definition) is 8. The van der Waals surface area contributed by atoms with E-state index in [1.165, 1.54) is 6.07 Å². The summed E-state index contributed by atoms with van der Waals surface area (Å²) in [4.78, 5) is 36.6. The van der Waals surface area contributed by atoms with Gasteiger partial charge in [0.1, 0.15) is 28.6 Å². The Balaban J connectivity index is 1.78. The third-order valence-corrected chi connectivity index (χ3v) is 8.16. The van der Waals surface area contributed by atoms with Crippen molar-refractivity contribution >= 4 is 34.4 Å². The van der Waals surface area contributed by atoms with Crippen LogP contribution in [-0.2, 0) is 15.0 Å². The number of aliphatic hydroxyl groups excluding tert-OH is 1. The van der Waals surface area contributed by atoms with Gasteiger partial charge in [-0.15, -0.1) is 0 Å². The number of rotatable bonds is 9. The summed E-state index contributed by atoms with van der Waals surface area (Å²) in [6, 6.07) is 11.5. The molecule has 12 heteroatoms. The molecule has 1 fully saturated rings. The zero-order chi connectivity index (χ0) is 30.2.